The van der Waals surface area contributed by atoms with Gasteiger partial charge >= 0.3 is 0 Å². The molecule has 0 aliphatic heterocycles. The number of phenols is 1. The second-order valence-electron chi connectivity index (χ2n) is 3.96. The largest absolute Gasteiger partial charge is 0.508 e. The quantitative estimate of drug-likeness (QED) is 0.653. The van der Waals surface area contributed by atoms with E-state index in [0.29, 0.717) is 0 Å². The van der Waals surface area contributed by atoms with E-state index in [0.717, 1.165) is 22.2 Å². The molecule has 1 aromatic heterocycles. The minimum absolute atomic E-state index is 0.238. The van der Waals surface area contributed by atoms with Gasteiger partial charge in [-0.05, 0) is 54.1 Å². The number of fused-ring (bicyclic) bond motifs is 1. The number of aromatic nitrogens is 1. The lowest BCUT2D eigenvalue weighted by Crippen LogP contribution is -1.77. The highest BCUT2D eigenvalue weighted by Gasteiger charge is 2.03. The first-order valence-electron chi connectivity index (χ1n) is 5.30. The number of phenolic OH excluding ortho intramolecular Hbond substituents is 1. The number of halogens is 1. The number of nitrogens with one attached hydrogen (secondary N) is 1. The van der Waals surface area contributed by atoms with Crippen LogP contribution in [0.1, 0.15) is 0 Å². The maximum absolute atomic E-state index is 12.8. The SMILES string of the molecule is Oc1ccc2[nH]c(-c3ccc(F)cc3)cc2c1. The number of hydrogen-bond acceptors (Lipinski definition) is 1. The highest BCUT2D eigenvalue weighted by Crippen LogP contribution is 2.26. The molecule has 84 valence electrons. The lowest BCUT2D eigenvalue weighted by atomic mass is 10.1. The van der Waals surface area contributed by atoms with Gasteiger partial charge in [0, 0.05) is 16.6 Å². The first kappa shape index (κ1) is 9.90. The van der Waals surface area contributed by atoms with Crippen molar-refractivity contribution in [3.05, 3.63) is 54.3 Å². The topological polar surface area (TPSA) is 36.0 Å². The number of benzene rings is 2. The second kappa shape index (κ2) is 3.63. The Labute approximate surface area is 97.3 Å². The maximum Gasteiger partial charge on any atom is 0.123 e. The van der Waals surface area contributed by atoms with Crippen molar-refractivity contribution in [3.63, 3.8) is 0 Å². The van der Waals surface area contributed by atoms with E-state index in [1.54, 1.807) is 24.3 Å². The molecule has 0 bridgehead atoms. The molecule has 2 nitrogen and oxygen atoms in total. The molecule has 0 fully saturated rings. The Balaban J connectivity index is 2.14. The molecule has 3 heteroatoms. The van der Waals surface area contributed by atoms with Crippen molar-refractivity contribution in [2.75, 3.05) is 0 Å². The van der Waals surface area contributed by atoms with Crippen molar-refractivity contribution in [1.29, 1.82) is 0 Å². The normalized spacial score (nSPS) is 10.9. The zero-order valence-corrected chi connectivity index (χ0v) is 8.94. The summed E-state index contributed by atoms with van der Waals surface area (Å²) in [6.07, 6.45) is 0. The van der Waals surface area contributed by atoms with Gasteiger partial charge in [-0.25, -0.2) is 4.39 Å². The Kier molecular flexibility index (Phi) is 2.11. The van der Waals surface area contributed by atoms with Crippen LogP contribution in [0.5, 0.6) is 5.75 Å². The van der Waals surface area contributed by atoms with Crippen molar-refractivity contribution in [1.82, 2.24) is 4.98 Å². The van der Waals surface area contributed by atoms with E-state index in [1.807, 2.05) is 12.1 Å². The van der Waals surface area contributed by atoms with Crippen LogP contribution in [0.25, 0.3) is 22.2 Å². The third-order valence-corrected chi connectivity index (χ3v) is 2.76. The Morgan fingerprint density at radius 3 is 2.47 bits per heavy atom. The van der Waals surface area contributed by atoms with Gasteiger partial charge in [0.15, 0.2) is 0 Å². The van der Waals surface area contributed by atoms with Crippen LogP contribution in [0.2, 0.25) is 0 Å². The van der Waals surface area contributed by atoms with Crippen LogP contribution in [0.4, 0.5) is 4.39 Å². The second-order valence-corrected chi connectivity index (χ2v) is 3.96. The monoisotopic (exact) mass is 227 g/mol. The van der Waals surface area contributed by atoms with Crippen molar-refractivity contribution < 1.29 is 9.50 Å². The van der Waals surface area contributed by atoms with Crippen LogP contribution >= 0.6 is 0 Å². The average Bonchev–Trinajstić information content (AvgIpc) is 2.72. The molecular formula is C14H10FNO. The fraction of sp³-hybridized carbons (Fsp3) is 0. The molecule has 2 aromatic carbocycles. The molecule has 0 radical (unpaired) electrons. The van der Waals surface area contributed by atoms with E-state index in [2.05, 4.69) is 4.98 Å². The molecule has 2 N–H and O–H groups in total. The van der Waals surface area contributed by atoms with Crippen LogP contribution in [-0.4, -0.2) is 10.1 Å². The Morgan fingerprint density at radius 2 is 1.71 bits per heavy atom. The third kappa shape index (κ3) is 1.76. The van der Waals surface area contributed by atoms with Gasteiger partial charge in [0.25, 0.3) is 0 Å². The van der Waals surface area contributed by atoms with E-state index in [4.69, 9.17) is 0 Å². The summed E-state index contributed by atoms with van der Waals surface area (Å²) in [7, 11) is 0. The van der Waals surface area contributed by atoms with Crippen molar-refractivity contribution in [2.45, 2.75) is 0 Å². The lowest BCUT2D eigenvalue weighted by Gasteiger charge is -1.96. The van der Waals surface area contributed by atoms with Crippen LogP contribution in [-0.2, 0) is 0 Å². The van der Waals surface area contributed by atoms with E-state index in [-0.39, 0.29) is 11.6 Å². The predicted molar refractivity (Wildman–Crippen MR) is 65.4 cm³/mol. The summed E-state index contributed by atoms with van der Waals surface area (Å²) in [5, 5.41) is 10.3. The molecule has 0 saturated heterocycles. The minimum atomic E-state index is -0.248. The molecular weight excluding hydrogens is 217 g/mol. The fourth-order valence-electron chi connectivity index (χ4n) is 1.90. The van der Waals surface area contributed by atoms with Gasteiger partial charge in [-0.1, -0.05) is 0 Å². The van der Waals surface area contributed by atoms with Gasteiger partial charge in [0.2, 0.25) is 0 Å². The molecule has 3 aromatic rings. The van der Waals surface area contributed by atoms with E-state index >= 15 is 0 Å². The molecule has 0 spiro atoms. The van der Waals surface area contributed by atoms with Gasteiger partial charge in [0.05, 0.1) is 0 Å². The standard InChI is InChI=1S/C14H10FNO/c15-11-3-1-9(2-4-11)14-8-10-7-12(17)5-6-13(10)16-14/h1-8,16-17H. The molecule has 0 unspecified atom stereocenters. The fourth-order valence-corrected chi connectivity index (χ4v) is 1.90. The van der Waals surface area contributed by atoms with E-state index in [1.165, 1.54) is 12.1 Å². The number of hydrogen-bond donors (Lipinski definition) is 2. The van der Waals surface area contributed by atoms with Crippen molar-refractivity contribution in [2.24, 2.45) is 0 Å². The number of rotatable bonds is 1. The highest BCUT2D eigenvalue weighted by atomic mass is 19.1. The highest BCUT2D eigenvalue weighted by molar-refractivity contribution is 5.86. The molecule has 0 atom stereocenters. The molecule has 0 aliphatic carbocycles. The van der Waals surface area contributed by atoms with Gasteiger partial charge in [-0.3, -0.25) is 0 Å². The molecule has 17 heavy (non-hydrogen) atoms. The smallest absolute Gasteiger partial charge is 0.123 e. The summed E-state index contributed by atoms with van der Waals surface area (Å²) in [6.45, 7) is 0. The summed E-state index contributed by atoms with van der Waals surface area (Å²) in [5.41, 5.74) is 2.77. The summed E-state index contributed by atoms with van der Waals surface area (Å²) in [5.74, 6) is -0.00957. The van der Waals surface area contributed by atoms with Crippen LogP contribution in [0, 0.1) is 5.82 Å². The van der Waals surface area contributed by atoms with Crippen LogP contribution < -0.4 is 0 Å². The summed E-state index contributed by atoms with van der Waals surface area (Å²) < 4.78 is 12.8. The Bertz CT molecular complexity index is 670. The number of aromatic hydroxyl groups is 1. The van der Waals surface area contributed by atoms with Crippen LogP contribution in [0.15, 0.2) is 48.5 Å². The number of aromatic amines is 1. The van der Waals surface area contributed by atoms with Crippen LogP contribution in [0.3, 0.4) is 0 Å². The Hall–Kier alpha value is -2.29. The van der Waals surface area contributed by atoms with Gasteiger partial charge < -0.3 is 10.1 Å². The van der Waals surface area contributed by atoms with E-state index < -0.39 is 0 Å². The average molecular weight is 227 g/mol. The Morgan fingerprint density at radius 1 is 0.941 bits per heavy atom. The third-order valence-electron chi connectivity index (χ3n) is 2.76. The zero-order valence-electron chi connectivity index (χ0n) is 8.94. The van der Waals surface area contributed by atoms with Crippen molar-refractivity contribution in [3.8, 4) is 17.0 Å². The van der Waals surface area contributed by atoms with E-state index in [9.17, 15) is 9.50 Å². The summed E-state index contributed by atoms with van der Waals surface area (Å²) >= 11 is 0. The lowest BCUT2D eigenvalue weighted by molar-refractivity contribution is 0.476. The number of H-pyrrole nitrogens is 1. The predicted octanol–water partition coefficient (Wildman–Crippen LogP) is 3.68. The molecule has 1 heterocycles. The zero-order chi connectivity index (χ0) is 11.8. The summed E-state index contributed by atoms with van der Waals surface area (Å²) in [6, 6.07) is 13.4. The molecule has 0 saturated carbocycles. The minimum Gasteiger partial charge on any atom is -0.508 e. The molecule has 0 amide bonds. The van der Waals surface area contributed by atoms with Crippen molar-refractivity contribution >= 4 is 10.9 Å². The van der Waals surface area contributed by atoms with Gasteiger partial charge in [0.1, 0.15) is 11.6 Å². The van der Waals surface area contributed by atoms with Gasteiger partial charge in [-0.2, -0.15) is 0 Å². The van der Waals surface area contributed by atoms with Gasteiger partial charge in [-0.15, -0.1) is 0 Å². The maximum atomic E-state index is 12.8. The molecule has 0 aliphatic rings. The first-order valence-corrected chi connectivity index (χ1v) is 5.30. The summed E-state index contributed by atoms with van der Waals surface area (Å²) in [4.78, 5) is 3.22. The first-order chi connectivity index (χ1) is 8.22. The molecule has 3 rings (SSSR count).